The van der Waals surface area contributed by atoms with Crippen molar-refractivity contribution in [3.05, 3.63) is 55.1 Å². The van der Waals surface area contributed by atoms with Crippen molar-refractivity contribution in [2.75, 3.05) is 13.1 Å². The summed E-state index contributed by atoms with van der Waals surface area (Å²) >= 11 is 9.08. The minimum Gasteiger partial charge on any atom is -0.316 e. The highest BCUT2D eigenvalue weighted by Crippen LogP contribution is 2.30. The van der Waals surface area contributed by atoms with Crippen molar-refractivity contribution < 1.29 is 0 Å². The van der Waals surface area contributed by atoms with Gasteiger partial charge in [0.25, 0.3) is 0 Å². The van der Waals surface area contributed by atoms with Crippen molar-refractivity contribution in [2.45, 2.75) is 26.2 Å². The lowest BCUT2D eigenvalue weighted by molar-refractivity contribution is 0.514. The van der Waals surface area contributed by atoms with E-state index in [0.29, 0.717) is 11.8 Å². The van der Waals surface area contributed by atoms with E-state index in [4.69, 9.17) is 0 Å². The van der Waals surface area contributed by atoms with Gasteiger partial charge in [-0.05, 0) is 52.5 Å². The zero-order chi connectivity index (χ0) is 15.2. The summed E-state index contributed by atoms with van der Waals surface area (Å²) in [4.78, 5) is 1.42. The summed E-state index contributed by atoms with van der Waals surface area (Å²) in [5.41, 5.74) is 1.39. The lowest BCUT2D eigenvalue weighted by Gasteiger charge is -2.20. The second-order valence-electron chi connectivity index (χ2n) is 5.71. The summed E-state index contributed by atoms with van der Waals surface area (Å²) in [5.74, 6) is 1.17. The fraction of sp³-hybridized carbons (Fsp3) is 0.412. The molecular weight excluding hydrogens is 410 g/mol. The highest BCUT2D eigenvalue weighted by molar-refractivity contribution is 9.10. The number of hydrogen-bond donors (Lipinski definition) is 1. The summed E-state index contributed by atoms with van der Waals surface area (Å²) in [6.07, 6.45) is 1.07. The number of rotatable bonds is 7. The van der Waals surface area contributed by atoms with Crippen LogP contribution in [0.3, 0.4) is 0 Å². The number of thiophene rings is 1. The van der Waals surface area contributed by atoms with Gasteiger partial charge in [-0.2, -0.15) is 0 Å². The first-order valence-electron chi connectivity index (χ1n) is 7.24. The third-order valence-corrected chi connectivity index (χ3v) is 5.80. The minimum absolute atomic E-state index is 0.491. The van der Waals surface area contributed by atoms with Gasteiger partial charge in [0.05, 0.1) is 0 Å². The van der Waals surface area contributed by atoms with E-state index in [1.54, 1.807) is 0 Å². The Hall–Kier alpha value is -0.160. The van der Waals surface area contributed by atoms with Crippen molar-refractivity contribution in [1.82, 2.24) is 5.32 Å². The molecule has 0 aliphatic heterocycles. The van der Waals surface area contributed by atoms with E-state index in [9.17, 15) is 0 Å². The van der Waals surface area contributed by atoms with E-state index in [2.05, 4.69) is 86.7 Å². The van der Waals surface area contributed by atoms with Gasteiger partial charge >= 0.3 is 0 Å². The van der Waals surface area contributed by atoms with Gasteiger partial charge in [0.1, 0.15) is 0 Å². The van der Waals surface area contributed by atoms with Gasteiger partial charge in [-0.25, -0.2) is 0 Å². The Kier molecular flexibility index (Phi) is 6.93. The van der Waals surface area contributed by atoms with Gasteiger partial charge in [-0.15, -0.1) is 11.3 Å². The Morgan fingerprint density at radius 1 is 1.14 bits per heavy atom. The molecule has 21 heavy (non-hydrogen) atoms. The average Bonchev–Trinajstić information content (AvgIpc) is 2.83. The van der Waals surface area contributed by atoms with Crippen molar-refractivity contribution in [3.8, 4) is 0 Å². The van der Waals surface area contributed by atoms with Crippen LogP contribution in [0.4, 0.5) is 0 Å². The number of hydrogen-bond acceptors (Lipinski definition) is 2. The van der Waals surface area contributed by atoms with Crippen molar-refractivity contribution in [2.24, 2.45) is 5.92 Å². The lowest BCUT2D eigenvalue weighted by atomic mass is 9.94. The Bertz CT molecular complexity index is 565. The molecule has 1 N–H and O–H groups in total. The number of nitrogens with one attached hydrogen (secondary N) is 1. The van der Waals surface area contributed by atoms with Gasteiger partial charge in [0.15, 0.2) is 0 Å². The molecule has 0 spiro atoms. The molecule has 0 saturated carbocycles. The Labute approximate surface area is 148 Å². The van der Waals surface area contributed by atoms with E-state index >= 15 is 0 Å². The second-order valence-corrected chi connectivity index (χ2v) is 8.47. The van der Waals surface area contributed by atoms with Crippen LogP contribution in [0.1, 0.15) is 30.2 Å². The maximum absolute atomic E-state index is 3.70. The highest BCUT2D eigenvalue weighted by Gasteiger charge is 2.16. The summed E-state index contributed by atoms with van der Waals surface area (Å²) < 4.78 is 2.39. The van der Waals surface area contributed by atoms with Crippen molar-refractivity contribution in [3.63, 3.8) is 0 Å². The van der Waals surface area contributed by atoms with E-state index in [1.807, 2.05) is 11.3 Å². The van der Waals surface area contributed by atoms with E-state index < -0.39 is 0 Å². The monoisotopic (exact) mass is 429 g/mol. The Morgan fingerprint density at radius 3 is 2.52 bits per heavy atom. The normalized spacial score (nSPS) is 12.8. The smallest absolute Gasteiger partial charge is 0.0285 e. The third-order valence-electron chi connectivity index (χ3n) is 3.36. The van der Waals surface area contributed by atoms with Gasteiger partial charge in [-0.1, -0.05) is 48.0 Å². The molecule has 1 nitrogen and oxygen atoms in total. The highest BCUT2D eigenvalue weighted by atomic mass is 79.9. The zero-order valence-corrected chi connectivity index (χ0v) is 16.4. The van der Waals surface area contributed by atoms with Crippen LogP contribution < -0.4 is 5.32 Å². The Morgan fingerprint density at radius 2 is 1.90 bits per heavy atom. The molecule has 1 aromatic heterocycles. The molecule has 0 bridgehead atoms. The summed E-state index contributed by atoms with van der Waals surface area (Å²) in [6, 6.07) is 10.8. The molecule has 1 unspecified atom stereocenters. The zero-order valence-electron chi connectivity index (χ0n) is 12.4. The Balaban J connectivity index is 2.12. The van der Waals surface area contributed by atoms with Gasteiger partial charge in [0, 0.05) is 31.7 Å². The summed E-state index contributed by atoms with van der Waals surface area (Å²) in [5, 5.41) is 5.77. The van der Waals surface area contributed by atoms with Crippen LogP contribution >= 0.6 is 43.2 Å². The molecule has 1 atom stereocenters. The van der Waals surface area contributed by atoms with Crippen LogP contribution in [0.5, 0.6) is 0 Å². The van der Waals surface area contributed by atoms with Crippen LogP contribution in [0.15, 0.2) is 44.7 Å². The molecule has 0 fully saturated rings. The third kappa shape index (κ3) is 5.51. The molecule has 2 rings (SSSR count). The molecule has 1 aromatic carbocycles. The minimum atomic E-state index is 0.491. The quantitative estimate of drug-likeness (QED) is 0.581. The lowest BCUT2D eigenvalue weighted by Crippen LogP contribution is -2.26. The predicted octanol–water partition coefficient (Wildman–Crippen LogP) is 5.85. The molecule has 0 aliphatic carbocycles. The maximum Gasteiger partial charge on any atom is 0.0285 e. The molecule has 114 valence electrons. The first kappa shape index (κ1) is 17.2. The van der Waals surface area contributed by atoms with Crippen molar-refractivity contribution in [1.29, 1.82) is 0 Å². The predicted molar refractivity (Wildman–Crippen MR) is 100 cm³/mol. The molecule has 0 saturated heterocycles. The van der Waals surface area contributed by atoms with E-state index in [-0.39, 0.29) is 0 Å². The van der Waals surface area contributed by atoms with Crippen LogP contribution in [0.2, 0.25) is 0 Å². The summed E-state index contributed by atoms with van der Waals surface area (Å²) in [7, 11) is 0. The number of benzene rings is 1. The van der Waals surface area contributed by atoms with Crippen LogP contribution in [0.25, 0.3) is 0 Å². The first-order chi connectivity index (χ1) is 10.1. The first-order valence-corrected chi connectivity index (χ1v) is 9.71. The average molecular weight is 431 g/mol. The largest absolute Gasteiger partial charge is 0.316 e. The standard InChI is InChI=1S/C17H21Br2NS/c1-12(2)9-20-10-13(7-15-8-14(18)11-21-15)16-5-3-4-6-17(16)19/h3-6,8,11-13,20H,7,9-10H2,1-2H3. The summed E-state index contributed by atoms with van der Waals surface area (Å²) in [6.45, 7) is 6.57. The SMILES string of the molecule is CC(C)CNCC(Cc1cc(Br)cs1)c1ccccc1Br. The molecule has 0 amide bonds. The molecular formula is C17H21Br2NS. The van der Waals surface area contributed by atoms with Gasteiger partial charge in [-0.3, -0.25) is 0 Å². The molecule has 2 aromatic rings. The number of halogens is 2. The van der Waals surface area contributed by atoms with Crippen LogP contribution in [-0.4, -0.2) is 13.1 Å². The fourth-order valence-electron chi connectivity index (χ4n) is 2.35. The molecule has 0 radical (unpaired) electrons. The molecule has 4 heteroatoms. The topological polar surface area (TPSA) is 12.0 Å². The molecule has 0 aliphatic rings. The fourth-order valence-corrected chi connectivity index (χ4v) is 4.49. The van der Waals surface area contributed by atoms with E-state index in [1.165, 1.54) is 19.4 Å². The van der Waals surface area contributed by atoms with Gasteiger partial charge < -0.3 is 5.32 Å². The van der Waals surface area contributed by atoms with E-state index in [0.717, 1.165) is 19.5 Å². The van der Waals surface area contributed by atoms with Crippen molar-refractivity contribution >= 4 is 43.2 Å². The molecule has 1 heterocycles. The second kappa shape index (κ2) is 8.47. The van der Waals surface area contributed by atoms with Crippen LogP contribution in [-0.2, 0) is 6.42 Å². The van der Waals surface area contributed by atoms with Crippen LogP contribution in [0, 0.1) is 5.92 Å². The maximum atomic E-state index is 3.70. The van der Waals surface area contributed by atoms with Gasteiger partial charge in [0.2, 0.25) is 0 Å².